The lowest BCUT2D eigenvalue weighted by Gasteiger charge is -2.10. The van der Waals surface area contributed by atoms with Crippen molar-refractivity contribution in [1.82, 2.24) is 0 Å². The molecule has 0 aliphatic carbocycles. The molecule has 1 amide bonds. The van der Waals surface area contributed by atoms with Crippen LogP contribution in [0.1, 0.15) is 5.56 Å². The third-order valence-electron chi connectivity index (χ3n) is 3.22. The zero-order valence-electron chi connectivity index (χ0n) is 13.8. The minimum atomic E-state index is -0.0414. The van der Waals surface area contributed by atoms with E-state index >= 15 is 0 Å². The predicted octanol–water partition coefficient (Wildman–Crippen LogP) is 4.09. The zero-order valence-corrected chi connectivity index (χ0v) is 14.6. The van der Waals surface area contributed by atoms with Gasteiger partial charge in [0.2, 0.25) is 5.91 Å². The number of nitrogens with one attached hydrogen (secondary N) is 1. The van der Waals surface area contributed by atoms with Crippen LogP contribution in [0.5, 0.6) is 11.5 Å². The molecule has 5 heteroatoms. The van der Waals surface area contributed by atoms with E-state index in [1.54, 1.807) is 44.2 Å². The SMILES string of the molecule is COc1ccc(NC(=O)CSC/C=C/c2ccccc2)cc1OC. The molecule has 0 heterocycles. The second kappa shape index (κ2) is 9.67. The standard InChI is InChI=1S/C19H21NO3S/c1-22-17-11-10-16(13-18(17)23-2)20-19(21)14-24-12-6-9-15-7-4-3-5-8-15/h3-11,13H,12,14H2,1-2H3,(H,20,21)/b9-6+. The van der Waals surface area contributed by atoms with Crippen molar-refractivity contribution in [3.8, 4) is 11.5 Å². The van der Waals surface area contributed by atoms with E-state index in [4.69, 9.17) is 9.47 Å². The molecule has 0 aliphatic rings. The summed E-state index contributed by atoms with van der Waals surface area (Å²) in [5.74, 6) is 2.37. The monoisotopic (exact) mass is 343 g/mol. The van der Waals surface area contributed by atoms with Crippen molar-refractivity contribution in [2.24, 2.45) is 0 Å². The van der Waals surface area contributed by atoms with Gasteiger partial charge >= 0.3 is 0 Å². The Labute approximate surface area is 146 Å². The maximum atomic E-state index is 12.0. The third kappa shape index (κ3) is 5.66. The summed E-state index contributed by atoms with van der Waals surface area (Å²) in [5, 5.41) is 2.86. The molecule has 0 radical (unpaired) electrons. The molecular weight excluding hydrogens is 322 g/mol. The molecule has 2 aromatic rings. The van der Waals surface area contributed by atoms with Gasteiger partial charge in [-0.1, -0.05) is 42.5 Å². The molecule has 2 aromatic carbocycles. The number of hydrogen-bond donors (Lipinski definition) is 1. The van der Waals surface area contributed by atoms with Crippen LogP contribution in [0, 0.1) is 0 Å². The molecule has 0 saturated heterocycles. The molecule has 0 atom stereocenters. The number of anilines is 1. The summed E-state index contributed by atoms with van der Waals surface area (Å²) in [4.78, 5) is 12.0. The Morgan fingerprint density at radius 2 is 1.83 bits per heavy atom. The van der Waals surface area contributed by atoms with Gasteiger partial charge in [-0.15, -0.1) is 11.8 Å². The molecule has 0 fully saturated rings. The summed E-state index contributed by atoms with van der Waals surface area (Å²) >= 11 is 1.56. The molecular formula is C19H21NO3S. The molecule has 0 saturated carbocycles. The van der Waals surface area contributed by atoms with Gasteiger partial charge in [0, 0.05) is 17.5 Å². The van der Waals surface area contributed by atoms with Crippen LogP contribution in [0.4, 0.5) is 5.69 Å². The van der Waals surface area contributed by atoms with Gasteiger partial charge in [-0.3, -0.25) is 4.79 Å². The van der Waals surface area contributed by atoms with Gasteiger partial charge in [0.1, 0.15) is 0 Å². The molecule has 24 heavy (non-hydrogen) atoms. The number of hydrogen-bond acceptors (Lipinski definition) is 4. The van der Waals surface area contributed by atoms with E-state index in [0.29, 0.717) is 22.9 Å². The fourth-order valence-electron chi connectivity index (χ4n) is 2.08. The smallest absolute Gasteiger partial charge is 0.234 e. The largest absolute Gasteiger partial charge is 0.493 e. The highest BCUT2D eigenvalue weighted by molar-refractivity contribution is 8.00. The number of rotatable bonds is 8. The van der Waals surface area contributed by atoms with Crippen LogP contribution >= 0.6 is 11.8 Å². The maximum absolute atomic E-state index is 12.0. The van der Waals surface area contributed by atoms with Gasteiger partial charge in [-0.2, -0.15) is 0 Å². The Morgan fingerprint density at radius 1 is 1.08 bits per heavy atom. The number of carbonyl (C=O) groups excluding carboxylic acids is 1. The quantitative estimate of drug-likeness (QED) is 0.734. The first-order valence-electron chi connectivity index (χ1n) is 7.54. The fraction of sp³-hybridized carbons (Fsp3) is 0.211. The normalized spacial score (nSPS) is 10.6. The van der Waals surface area contributed by atoms with Crippen LogP contribution in [0.25, 0.3) is 6.08 Å². The first kappa shape index (κ1) is 17.9. The lowest BCUT2D eigenvalue weighted by molar-refractivity contribution is -0.113. The van der Waals surface area contributed by atoms with Gasteiger partial charge in [-0.05, 0) is 17.7 Å². The van der Waals surface area contributed by atoms with Crippen LogP contribution in [-0.2, 0) is 4.79 Å². The summed E-state index contributed by atoms with van der Waals surface area (Å²) in [7, 11) is 3.15. The van der Waals surface area contributed by atoms with Gasteiger partial charge in [0.25, 0.3) is 0 Å². The molecule has 126 valence electrons. The van der Waals surface area contributed by atoms with Crippen molar-refractivity contribution in [2.75, 3.05) is 31.0 Å². The highest BCUT2D eigenvalue weighted by Gasteiger charge is 2.07. The summed E-state index contributed by atoms with van der Waals surface area (Å²) in [6, 6.07) is 15.4. The first-order chi connectivity index (χ1) is 11.7. The van der Waals surface area contributed by atoms with Crippen molar-refractivity contribution in [3.63, 3.8) is 0 Å². The second-order valence-electron chi connectivity index (χ2n) is 4.95. The molecule has 0 aliphatic heterocycles. The van der Waals surface area contributed by atoms with Gasteiger partial charge in [0.05, 0.1) is 20.0 Å². The minimum Gasteiger partial charge on any atom is -0.493 e. The average molecular weight is 343 g/mol. The predicted molar refractivity (Wildman–Crippen MR) is 101 cm³/mol. The third-order valence-corrected chi connectivity index (χ3v) is 4.12. The van der Waals surface area contributed by atoms with Crippen LogP contribution in [0.3, 0.4) is 0 Å². The van der Waals surface area contributed by atoms with Crippen molar-refractivity contribution >= 4 is 29.4 Å². The minimum absolute atomic E-state index is 0.0414. The van der Waals surface area contributed by atoms with E-state index in [-0.39, 0.29) is 5.91 Å². The van der Waals surface area contributed by atoms with Gasteiger partial charge in [0.15, 0.2) is 11.5 Å². The van der Waals surface area contributed by atoms with Crippen LogP contribution in [0.15, 0.2) is 54.6 Å². The number of ether oxygens (including phenoxy) is 2. The van der Waals surface area contributed by atoms with Crippen molar-refractivity contribution in [1.29, 1.82) is 0 Å². The highest BCUT2D eigenvalue weighted by atomic mass is 32.2. The summed E-state index contributed by atoms with van der Waals surface area (Å²) in [6.07, 6.45) is 4.11. The summed E-state index contributed by atoms with van der Waals surface area (Å²) in [5.41, 5.74) is 1.85. The second-order valence-corrected chi connectivity index (χ2v) is 5.98. The average Bonchev–Trinajstić information content (AvgIpc) is 2.62. The van der Waals surface area contributed by atoms with E-state index in [1.807, 2.05) is 30.3 Å². The van der Waals surface area contributed by atoms with Crippen molar-refractivity contribution in [3.05, 3.63) is 60.2 Å². The van der Waals surface area contributed by atoms with Crippen LogP contribution < -0.4 is 14.8 Å². The molecule has 0 unspecified atom stereocenters. The Hall–Kier alpha value is -2.40. The molecule has 4 nitrogen and oxygen atoms in total. The van der Waals surface area contributed by atoms with Crippen LogP contribution in [-0.4, -0.2) is 31.6 Å². The molecule has 0 spiro atoms. The number of methoxy groups -OCH3 is 2. The topological polar surface area (TPSA) is 47.6 Å². The van der Waals surface area contributed by atoms with Crippen molar-refractivity contribution in [2.45, 2.75) is 0 Å². The lowest BCUT2D eigenvalue weighted by Crippen LogP contribution is -2.14. The van der Waals surface area contributed by atoms with Gasteiger partial charge < -0.3 is 14.8 Å². The maximum Gasteiger partial charge on any atom is 0.234 e. The number of amides is 1. The Balaban J connectivity index is 1.76. The molecule has 1 N–H and O–H groups in total. The molecule has 2 rings (SSSR count). The Bertz CT molecular complexity index is 686. The molecule has 0 bridgehead atoms. The molecule has 0 aromatic heterocycles. The van der Waals surface area contributed by atoms with E-state index in [2.05, 4.69) is 17.5 Å². The fourth-order valence-corrected chi connectivity index (χ4v) is 2.69. The number of thioether (sulfide) groups is 1. The van der Waals surface area contributed by atoms with Crippen molar-refractivity contribution < 1.29 is 14.3 Å². The van der Waals surface area contributed by atoms with Gasteiger partial charge in [-0.25, -0.2) is 0 Å². The van der Waals surface area contributed by atoms with E-state index in [1.165, 1.54) is 0 Å². The lowest BCUT2D eigenvalue weighted by atomic mass is 10.2. The summed E-state index contributed by atoms with van der Waals surface area (Å²) in [6.45, 7) is 0. The summed E-state index contributed by atoms with van der Waals surface area (Å²) < 4.78 is 10.4. The van der Waals surface area contributed by atoms with E-state index in [0.717, 1.165) is 11.3 Å². The van der Waals surface area contributed by atoms with E-state index in [9.17, 15) is 4.79 Å². The Morgan fingerprint density at radius 3 is 2.54 bits per heavy atom. The number of carbonyl (C=O) groups is 1. The highest BCUT2D eigenvalue weighted by Crippen LogP contribution is 2.29. The first-order valence-corrected chi connectivity index (χ1v) is 8.69. The Kier molecular flexibility index (Phi) is 7.23. The zero-order chi connectivity index (χ0) is 17.2. The van der Waals surface area contributed by atoms with Crippen LogP contribution in [0.2, 0.25) is 0 Å². The van der Waals surface area contributed by atoms with E-state index < -0.39 is 0 Å². The number of benzene rings is 2.